The van der Waals surface area contributed by atoms with Gasteiger partial charge in [-0.2, -0.15) is 4.99 Å². The number of hydrogen-bond acceptors (Lipinski definition) is 5. The smallest absolute Gasteiger partial charge is 0.395 e. The van der Waals surface area contributed by atoms with Crippen LogP contribution in [-0.4, -0.2) is 47.3 Å². The largest absolute Gasteiger partial charge is 0.433 e. The lowest BCUT2D eigenvalue weighted by atomic mass is 10.4. The minimum Gasteiger partial charge on any atom is -0.395 e. The van der Waals surface area contributed by atoms with Gasteiger partial charge in [-0.15, -0.1) is 0 Å². The van der Waals surface area contributed by atoms with Crippen LogP contribution in [0.3, 0.4) is 0 Å². The molecule has 1 saturated heterocycles. The lowest BCUT2D eigenvalue weighted by molar-refractivity contribution is -0.402. The van der Waals surface area contributed by atoms with Crippen LogP contribution in [0.5, 0.6) is 0 Å². The standard InChI is InChI=1S/C10H10ClN3O5/c11-10(13-3-5-18-6-4-13)12-9(15)7-1-2-8(19-7)14(16)17/h1-2H,3-6H2. The molecule has 1 aliphatic rings. The van der Waals surface area contributed by atoms with Gasteiger partial charge in [0.15, 0.2) is 0 Å². The van der Waals surface area contributed by atoms with E-state index in [-0.39, 0.29) is 11.1 Å². The highest BCUT2D eigenvalue weighted by Gasteiger charge is 2.19. The van der Waals surface area contributed by atoms with Crippen LogP contribution in [0, 0.1) is 10.1 Å². The van der Waals surface area contributed by atoms with Crippen molar-refractivity contribution in [1.82, 2.24) is 4.90 Å². The molecule has 0 radical (unpaired) electrons. The number of ether oxygens (including phenoxy) is 1. The molecule has 19 heavy (non-hydrogen) atoms. The van der Waals surface area contributed by atoms with Crippen LogP contribution in [0.2, 0.25) is 0 Å². The normalized spacial score (nSPS) is 16.5. The summed E-state index contributed by atoms with van der Waals surface area (Å²) in [4.78, 5) is 26.7. The summed E-state index contributed by atoms with van der Waals surface area (Å²) in [6.45, 7) is 2.08. The van der Waals surface area contributed by atoms with Crippen molar-refractivity contribution < 1.29 is 18.9 Å². The van der Waals surface area contributed by atoms with Crippen molar-refractivity contribution in [1.29, 1.82) is 0 Å². The number of amides is 1. The number of furan rings is 1. The van der Waals surface area contributed by atoms with Crippen LogP contribution in [-0.2, 0) is 4.74 Å². The van der Waals surface area contributed by atoms with Gasteiger partial charge < -0.3 is 14.1 Å². The molecule has 8 nitrogen and oxygen atoms in total. The Balaban J connectivity index is 2.07. The number of aliphatic imine (C=N–C) groups is 1. The van der Waals surface area contributed by atoms with Gasteiger partial charge in [-0.3, -0.25) is 14.9 Å². The van der Waals surface area contributed by atoms with Crippen molar-refractivity contribution in [3.05, 3.63) is 28.0 Å². The minimum absolute atomic E-state index is 0.0207. The number of amidine groups is 1. The molecule has 0 atom stereocenters. The molecular formula is C10H10ClN3O5. The Morgan fingerprint density at radius 3 is 2.68 bits per heavy atom. The summed E-state index contributed by atoms with van der Waals surface area (Å²) in [5.74, 6) is -1.50. The third-order valence-corrected chi connectivity index (χ3v) is 2.77. The Kier molecular flexibility index (Phi) is 4.13. The van der Waals surface area contributed by atoms with Crippen molar-refractivity contribution in [3.63, 3.8) is 0 Å². The molecule has 9 heteroatoms. The van der Waals surface area contributed by atoms with E-state index in [1.807, 2.05) is 0 Å². The zero-order chi connectivity index (χ0) is 13.8. The third-order valence-electron chi connectivity index (χ3n) is 2.45. The van der Waals surface area contributed by atoms with Crippen LogP contribution < -0.4 is 0 Å². The highest BCUT2D eigenvalue weighted by Crippen LogP contribution is 2.16. The maximum Gasteiger partial charge on any atom is 0.433 e. The molecule has 1 amide bonds. The van der Waals surface area contributed by atoms with Gasteiger partial charge in [0, 0.05) is 13.1 Å². The molecule has 1 aliphatic heterocycles. The number of halogens is 1. The predicted octanol–water partition coefficient (Wildman–Crippen LogP) is 1.26. The molecule has 0 unspecified atom stereocenters. The molecule has 1 fully saturated rings. The van der Waals surface area contributed by atoms with Crippen LogP contribution in [0.4, 0.5) is 5.88 Å². The Hall–Kier alpha value is -1.93. The molecule has 1 aromatic heterocycles. The molecule has 2 heterocycles. The van der Waals surface area contributed by atoms with Crippen LogP contribution in [0.15, 0.2) is 21.5 Å². The first-order valence-electron chi connectivity index (χ1n) is 5.43. The number of hydrogen-bond donors (Lipinski definition) is 0. The fourth-order valence-corrected chi connectivity index (χ4v) is 1.74. The molecule has 1 aromatic rings. The van der Waals surface area contributed by atoms with Gasteiger partial charge in [0.2, 0.25) is 11.1 Å². The summed E-state index contributed by atoms with van der Waals surface area (Å²) < 4.78 is 9.87. The molecule has 0 saturated carbocycles. The number of morpholine rings is 1. The summed E-state index contributed by atoms with van der Waals surface area (Å²) in [6.07, 6.45) is 0. The number of nitro groups is 1. The molecule has 2 rings (SSSR count). The van der Waals surface area contributed by atoms with Gasteiger partial charge in [0.25, 0.3) is 0 Å². The molecule has 0 spiro atoms. The van der Waals surface area contributed by atoms with E-state index in [0.717, 1.165) is 6.07 Å². The first kappa shape index (κ1) is 13.5. The van der Waals surface area contributed by atoms with Crippen molar-refractivity contribution in [2.75, 3.05) is 26.3 Å². The Morgan fingerprint density at radius 2 is 2.11 bits per heavy atom. The van der Waals surface area contributed by atoms with E-state index < -0.39 is 16.7 Å². The number of nitrogens with zero attached hydrogens (tertiary/aromatic N) is 3. The second-order valence-electron chi connectivity index (χ2n) is 3.68. The Labute approximate surface area is 112 Å². The molecular weight excluding hydrogens is 278 g/mol. The van der Waals surface area contributed by atoms with Gasteiger partial charge in [-0.05, 0) is 17.7 Å². The fourth-order valence-electron chi connectivity index (χ4n) is 1.50. The van der Waals surface area contributed by atoms with E-state index in [9.17, 15) is 14.9 Å². The van der Waals surface area contributed by atoms with Crippen LogP contribution in [0.1, 0.15) is 10.6 Å². The van der Waals surface area contributed by atoms with Crippen LogP contribution in [0.25, 0.3) is 0 Å². The second kappa shape index (κ2) is 5.81. The van der Waals surface area contributed by atoms with E-state index in [1.165, 1.54) is 6.07 Å². The third kappa shape index (κ3) is 3.30. The average molecular weight is 288 g/mol. The SMILES string of the molecule is O=C(N=C(Cl)N1CCOCC1)c1ccc([N+](=O)[O-])o1. The number of rotatable bonds is 2. The first-order valence-corrected chi connectivity index (χ1v) is 5.81. The summed E-state index contributed by atoms with van der Waals surface area (Å²) in [6, 6.07) is 2.28. The minimum atomic E-state index is -0.760. The molecule has 0 aliphatic carbocycles. The van der Waals surface area contributed by atoms with E-state index in [4.69, 9.17) is 20.8 Å². The van der Waals surface area contributed by atoms with Gasteiger partial charge in [0.1, 0.15) is 4.92 Å². The summed E-state index contributed by atoms with van der Waals surface area (Å²) in [7, 11) is 0. The Morgan fingerprint density at radius 1 is 1.42 bits per heavy atom. The lowest BCUT2D eigenvalue weighted by Gasteiger charge is -2.26. The number of carbonyl (C=O) groups excluding carboxylic acids is 1. The average Bonchev–Trinajstić information content (AvgIpc) is 2.89. The monoisotopic (exact) mass is 287 g/mol. The van der Waals surface area contributed by atoms with Gasteiger partial charge in [0.05, 0.1) is 19.3 Å². The van der Waals surface area contributed by atoms with E-state index in [1.54, 1.807) is 4.90 Å². The fraction of sp³-hybridized carbons (Fsp3) is 0.400. The second-order valence-corrected chi connectivity index (χ2v) is 4.02. The maximum atomic E-state index is 11.7. The lowest BCUT2D eigenvalue weighted by Crippen LogP contribution is -2.38. The predicted molar refractivity (Wildman–Crippen MR) is 65.4 cm³/mol. The molecule has 0 N–H and O–H groups in total. The van der Waals surface area contributed by atoms with Crippen LogP contribution >= 0.6 is 11.6 Å². The van der Waals surface area contributed by atoms with E-state index in [2.05, 4.69) is 4.99 Å². The number of carbonyl (C=O) groups is 1. The zero-order valence-electron chi connectivity index (χ0n) is 9.74. The quantitative estimate of drug-likeness (QED) is 0.267. The van der Waals surface area contributed by atoms with Crippen molar-refractivity contribution >= 4 is 28.7 Å². The highest BCUT2D eigenvalue weighted by molar-refractivity contribution is 6.65. The summed E-state index contributed by atoms with van der Waals surface area (Å²) >= 11 is 5.90. The van der Waals surface area contributed by atoms with E-state index in [0.29, 0.717) is 26.3 Å². The van der Waals surface area contributed by atoms with Gasteiger partial charge >= 0.3 is 11.8 Å². The summed E-state index contributed by atoms with van der Waals surface area (Å²) in [5, 5.41) is 10.4. The van der Waals surface area contributed by atoms with Crippen molar-refractivity contribution in [3.8, 4) is 0 Å². The zero-order valence-corrected chi connectivity index (χ0v) is 10.5. The van der Waals surface area contributed by atoms with Gasteiger partial charge in [-0.1, -0.05) is 0 Å². The molecule has 0 aromatic carbocycles. The molecule has 0 bridgehead atoms. The topological polar surface area (TPSA) is 98.2 Å². The van der Waals surface area contributed by atoms with Crippen molar-refractivity contribution in [2.45, 2.75) is 0 Å². The first-order chi connectivity index (χ1) is 9.08. The Bertz CT molecular complexity index is 521. The van der Waals surface area contributed by atoms with E-state index >= 15 is 0 Å². The van der Waals surface area contributed by atoms with Gasteiger partial charge in [-0.25, -0.2) is 0 Å². The maximum absolute atomic E-state index is 11.7. The van der Waals surface area contributed by atoms with Crippen molar-refractivity contribution in [2.24, 2.45) is 4.99 Å². The molecule has 102 valence electrons. The summed E-state index contributed by atoms with van der Waals surface area (Å²) in [5.41, 5.74) is 0. The highest BCUT2D eigenvalue weighted by atomic mass is 35.5.